The molecule has 1 N–H and O–H groups in total. The summed E-state index contributed by atoms with van der Waals surface area (Å²) in [6.45, 7) is 0.860. The van der Waals surface area contributed by atoms with E-state index in [1.807, 2.05) is 18.2 Å². The van der Waals surface area contributed by atoms with E-state index in [4.69, 9.17) is 21.1 Å². The molecular weight excluding hydrogens is 269 g/mol. The lowest BCUT2D eigenvalue weighted by Crippen LogP contribution is -1.99. The number of nitrogens with one attached hydrogen (secondary N) is 1. The van der Waals surface area contributed by atoms with Crippen LogP contribution >= 0.6 is 11.6 Å². The lowest BCUT2D eigenvalue weighted by atomic mass is 10.2. The van der Waals surface area contributed by atoms with Crippen molar-refractivity contribution in [3.8, 4) is 11.5 Å². The van der Waals surface area contributed by atoms with Gasteiger partial charge in [0.2, 0.25) is 6.79 Å². The van der Waals surface area contributed by atoms with Crippen molar-refractivity contribution >= 4 is 17.3 Å². The third-order valence-electron chi connectivity index (χ3n) is 2.85. The summed E-state index contributed by atoms with van der Waals surface area (Å²) in [7, 11) is 0. The van der Waals surface area contributed by atoms with Crippen LogP contribution in [0.3, 0.4) is 0 Å². The summed E-state index contributed by atoms with van der Waals surface area (Å²) >= 11 is 5.72. The lowest BCUT2D eigenvalue weighted by molar-refractivity contribution is 0.174. The van der Waals surface area contributed by atoms with Crippen molar-refractivity contribution in [3.05, 3.63) is 52.8 Å². The Morgan fingerprint density at radius 2 is 1.95 bits per heavy atom. The zero-order chi connectivity index (χ0) is 13.2. The van der Waals surface area contributed by atoms with Gasteiger partial charge in [-0.15, -0.1) is 0 Å². The van der Waals surface area contributed by atoms with Gasteiger partial charge < -0.3 is 14.8 Å². The smallest absolute Gasteiger partial charge is 0.231 e. The van der Waals surface area contributed by atoms with E-state index in [9.17, 15) is 4.39 Å². The average molecular weight is 280 g/mol. The quantitative estimate of drug-likeness (QED) is 0.926. The number of halogens is 2. The summed E-state index contributed by atoms with van der Waals surface area (Å²) in [6.07, 6.45) is 0. The average Bonchev–Trinajstić information content (AvgIpc) is 2.87. The molecule has 0 saturated heterocycles. The maximum absolute atomic E-state index is 13.0. The van der Waals surface area contributed by atoms with Gasteiger partial charge in [-0.25, -0.2) is 4.39 Å². The number of hydrogen-bond donors (Lipinski definition) is 1. The Hall–Kier alpha value is -1.94. The van der Waals surface area contributed by atoms with Gasteiger partial charge in [-0.05, 0) is 35.9 Å². The zero-order valence-electron chi connectivity index (χ0n) is 9.95. The summed E-state index contributed by atoms with van der Waals surface area (Å²) in [6, 6.07) is 10.3. The molecular formula is C14H11ClFNO2. The standard InChI is InChI=1S/C14H11ClFNO2/c15-11-6-10(2-3-12(11)16)17-7-9-1-4-13-14(5-9)19-8-18-13/h1-6,17H,7-8H2. The van der Waals surface area contributed by atoms with Gasteiger partial charge in [0, 0.05) is 12.2 Å². The van der Waals surface area contributed by atoms with Gasteiger partial charge in [0.15, 0.2) is 11.5 Å². The van der Waals surface area contributed by atoms with Crippen LogP contribution in [0.2, 0.25) is 5.02 Å². The molecule has 0 atom stereocenters. The summed E-state index contributed by atoms with van der Waals surface area (Å²) in [5.74, 6) is 1.08. The Kier molecular flexibility index (Phi) is 3.17. The first-order valence-electron chi connectivity index (χ1n) is 5.80. The first kappa shape index (κ1) is 12.1. The van der Waals surface area contributed by atoms with Crippen LogP contribution in [0.5, 0.6) is 11.5 Å². The zero-order valence-corrected chi connectivity index (χ0v) is 10.7. The molecule has 5 heteroatoms. The number of anilines is 1. The number of hydrogen-bond acceptors (Lipinski definition) is 3. The highest BCUT2D eigenvalue weighted by atomic mass is 35.5. The molecule has 0 spiro atoms. The molecule has 1 heterocycles. The molecule has 0 amide bonds. The Balaban J connectivity index is 1.70. The predicted molar refractivity (Wildman–Crippen MR) is 71.3 cm³/mol. The highest BCUT2D eigenvalue weighted by Gasteiger charge is 2.12. The third kappa shape index (κ3) is 2.58. The largest absolute Gasteiger partial charge is 0.454 e. The van der Waals surface area contributed by atoms with Gasteiger partial charge in [0.25, 0.3) is 0 Å². The molecule has 1 aliphatic heterocycles. The first-order chi connectivity index (χ1) is 9.22. The highest BCUT2D eigenvalue weighted by molar-refractivity contribution is 6.31. The summed E-state index contributed by atoms with van der Waals surface area (Å²) < 4.78 is 23.6. The SMILES string of the molecule is Fc1ccc(NCc2ccc3c(c2)OCO3)cc1Cl. The first-order valence-corrected chi connectivity index (χ1v) is 6.17. The van der Waals surface area contributed by atoms with E-state index < -0.39 is 5.82 Å². The van der Waals surface area contributed by atoms with Gasteiger partial charge in [-0.2, -0.15) is 0 Å². The fourth-order valence-corrected chi connectivity index (χ4v) is 2.04. The van der Waals surface area contributed by atoms with E-state index >= 15 is 0 Å². The molecule has 0 aromatic heterocycles. The van der Waals surface area contributed by atoms with Crippen LogP contribution in [-0.2, 0) is 6.54 Å². The van der Waals surface area contributed by atoms with Crippen molar-refractivity contribution in [1.82, 2.24) is 0 Å². The lowest BCUT2D eigenvalue weighted by Gasteiger charge is -2.08. The minimum absolute atomic E-state index is 0.107. The minimum atomic E-state index is -0.421. The summed E-state index contributed by atoms with van der Waals surface area (Å²) in [5.41, 5.74) is 1.81. The Morgan fingerprint density at radius 1 is 1.11 bits per heavy atom. The molecule has 1 aliphatic rings. The van der Waals surface area contributed by atoms with E-state index in [2.05, 4.69) is 5.32 Å². The molecule has 0 saturated carbocycles. The molecule has 2 aromatic rings. The summed E-state index contributed by atoms with van der Waals surface area (Å²) in [4.78, 5) is 0. The van der Waals surface area contributed by atoms with Crippen LogP contribution in [0.4, 0.5) is 10.1 Å². The van der Waals surface area contributed by atoms with Crippen LogP contribution < -0.4 is 14.8 Å². The van der Waals surface area contributed by atoms with Gasteiger partial charge in [-0.3, -0.25) is 0 Å². The normalized spacial score (nSPS) is 12.5. The number of benzene rings is 2. The maximum Gasteiger partial charge on any atom is 0.231 e. The second-order valence-corrected chi connectivity index (χ2v) is 4.58. The van der Waals surface area contributed by atoms with Crippen molar-refractivity contribution in [2.75, 3.05) is 12.1 Å². The highest BCUT2D eigenvalue weighted by Crippen LogP contribution is 2.32. The van der Waals surface area contributed by atoms with Crippen molar-refractivity contribution < 1.29 is 13.9 Å². The molecule has 0 fully saturated rings. The van der Waals surface area contributed by atoms with E-state index in [0.717, 1.165) is 22.7 Å². The molecule has 0 aliphatic carbocycles. The number of fused-ring (bicyclic) bond motifs is 1. The molecule has 19 heavy (non-hydrogen) atoms. The van der Waals surface area contributed by atoms with E-state index in [1.54, 1.807) is 12.1 Å². The van der Waals surface area contributed by atoms with Gasteiger partial charge in [-0.1, -0.05) is 17.7 Å². The van der Waals surface area contributed by atoms with Crippen molar-refractivity contribution in [1.29, 1.82) is 0 Å². The van der Waals surface area contributed by atoms with Crippen LogP contribution in [0.15, 0.2) is 36.4 Å². The Morgan fingerprint density at radius 3 is 2.79 bits per heavy atom. The minimum Gasteiger partial charge on any atom is -0.454 e. The van der Waals surface area contributed by atoms with Crippen LogP contribution in [0.1, 0.15) is 5.56 Å². The Bertz CT molecular complexity index is 618. The fourth-order valence-electron chi connectivity index (χ4n) is 1.86. The second-order valence-electron chi connectivity index (χ2n) is 4.17. The molecule has 2 aromatic carbocycles. The van der Waals surface area contributed by atoms with Crippen molar-refractivity contribution in [2.45, 2.75) is 6.54 Å². The van der Waals surface area contributed by atoms with Crippen LogP contribution in [-0.4, -0.2) is 6.79 Å². The predicted octanol–water partition coefficient (Wildman–Crippen LogP) is 3.82. The molecule has 3 nitrogen and oxygen atoms in total. The van der Waals surface area contributed by atoms with Crippen LogP contribution in [0.25, 0.3) is 0 Å². The van der Waals surface area contributed by atoms with Gasteiger partial charge >= 0.3 is 0 Å². The van der Waals surface area contributed by atoms with E-state index in [-0.39, 0.29) is 11.8 Å². The monoisotopic (exact) mass is 279 g/mol. The molecule has 3 rings (SSSR count). The van der Waals surface area contributed by atoms with Gasteiger partial charge in [0.05, 0.1) is 5.02 Å². The summed E-state index contributed by atoms with van der Waals surface area (Å²) in [5, 5.41) is 3.28. The van der Waals surface area contributed by atoms with Gasteiger partial charge in [0.1, 0.15) is 5.82 Å². The molecule has 0 bridgehead atoms. The second kappa shape index (κ2) is 4.97. The number of rotatable bonds is 3. The Labute approximate surface area is 114 Å². The number of ether oxygens (including phenoxy) is 2. The van der Waals surface area contributed by atoms with E-state index in [1.165, 1.54) is 6.07 Å². The molecule has 0 unspecified atom stereocenters. The molecule has 98 valence electrons. The van der Waals surface area contributed by atoms with Crippen molar-refractivity contribution in [3.63, 3.8) is 0 Å². The topological polar surface area (TPSA) is 30.5 Å². The van der Waals surface area contributed by atoms with E-state index in [0.29, 0.717) is 6.54 Å². The third-order valence-corrected chi connectivity index (χ3v) is 3.14. The molecule has 0 radical (unpaired) electrons. The van der Waals surface area contributed by atoms with Crippen LogP contribution in [0, 0.1) is 5.82 Å². The fraction of sp³-hybridized carbons (Fsp3) is 0.143. The van der Waals surface area contributed by atoms with Crippen molar-refractivity contribution in [2.24, 2.45) is 0 Å². The maximum atomic E-state index is 13.0.